The molecule has 2 amide bonds. The number of nitrogens with one attached hydrogen (secondary N) is 2. The predicted molar refractivity (Wildman–Crippen MR) is 64.8 cm³/mol. The van der Waals surface area contributed by atoms with Gasteiger partial charge < -0.3 is 5.32 Å². The first kappa shape index (κ1) is 11.1. The maximum Gasteiger partial charge on any atom is 0.324 e. The van der Waals surface area contributed by atoms with E-state index >= 15 is 0 Å². The van der Waals surface area contributed by atoms with Gasteiger partial charge in [-0.25, -0.2) is 4.79 Å². The minimum atomic E-state index is -0.337. The highest BCUT2D eigenvalue weighted by molar-refractivity contribution is 5.98. The van der Waals surface area contributed by atoms with Crippen LogP contribution in [-0.4, -0.2) is 20.8 Å². The number of carbonyl (C=O) groups is 1. The monoisotopic (exact) mass is 231 g/mol. The van der Waals surface area contributed by atoms with E-state index in [0.717, 1.165) is 5.69 Å². The Labute approximate surface area is 98.7 Å². The van der Waals surface area contributed by atoms with Crippen molar-refractivity contribution in [1.82, 2.24) is 14.8 Å². The number of hydrogen-bond acceptors (Lipinski definition) is 3. The molecule has 0 aliphatic rings. The molecule has 0 aliphatic carbocycles. The lowest BCUT2D eigenvalue weighted by Gasteiger charge is -2.04. The third-order valence-corrected chi connectivity index (χ3v) is 2.27. The SMILES string of the molecule is Cc1cc(NC(=O)Nc2cccnc2)nn1C. The number of aromatic nitrogens is 3. The number of carbonyl (C=O) groups excluding carboxylic acids is 1. The van der Waals surface area contributed by atoms with Crippen LogP contribution in [0.3, 0.4) is 0 Å². The molecule has 2 N–H and O–H groups in total. The minimum absolute atomic E-state index is 0.337. The second-order valence-corrected chi connectivity index (χ2v) is 3.62. The van der Waals surface area contributed by atoms with Gasteiger partial charge in [0.15, 0.2) is 5.82 Å². The Kier molecular flexibility index (Phi) is 3.04. The van der Waals surface area contributed by atoms with E-state index in [0.29, 0.717) is 11.5 Å². The van der Waals surface area contributed by atoms with Crippen molar-refractivity contribution in [2.75, 3.05) is 10.6 Å². The highest BCUT2D eigenvalue weighted by Crippen LogP contribution is 2.08. The van der Waals surface area contributed by atoms with Crippen LogP contribution in [0.5, 0.6) is 0 Å². The maximum absolute atomic E-state index is 11.6. The molecule has 6 nitrogen and oxygen atoms in total. The average Bonchev–Trinajstić information content (AvgIpc) is 2.59. The van der Waals surface area contributed by atoms with E-state index in [9.17, 15) is 4.79 Å². The number of anilines is 2. The van der Waals surface area contributed by atoms with Gasteiger partial charge in [0.25, 0.3) is 0 Å². The van der Waals surface area contributed by atoms with E-state index in [1.807, 2.05) is 14.0 Å². The van der Waals surface area contributed by atoms with E-state index in [1.54, 1.807) is 35.3 Å². The molecule has 0 fully saturated rings. The van der Waals surface area contributed by atoms with Crippen LogP contribution in [0.25, 0.3) is 0 Å². The van der Waals surface area contributed by atoms with E-state index in [4.69, 9.17) is 0 Å². The van der Waals surface area contributed by atoms with Crippen LogP contribution in [0.15, 0.2) is 30.6 Å². The Bertz CT molecular complexity index is 500. The summed E-state index contributed by atoms with van der Waals surface area (Å²) in [4.78, 5) is 15.5. The molecule has 0 unspecified atom stereocenters. The van der Waals surface area contributed by atoms with Gasteiger partial charge in [0.2, 0.25) is 0 Å². The molecule has 0 saturated heterocycles. The van der Waals surface area contributed by atoms with E-state index < -0.39 is 0 Å². The molecule has 0 spiro atoms. The van der Waals surface area contributed by atoms with Crippen molar-refractivity contribution >= 4 is 17.5 Å². The van der Waals surface area contributed by atoms with Crippen LogP contribution >= 0.6 is 0 Å². The number of rotatable bonds is 2. The molecule has 17 heavy (non-hydrogen) atoms. The van der Waals surface area contributed by atoms with E-state index in [2.05, 4.69) is 20.7 Å². The Morgan fingerprint density at radius 1 is 1.41 bits per heavy atom. The van der Waals surface area contributed by atoms with Crippen molar-refractivity contribution in [3.8, 4) is 0 Å². The number of nitrogens with zero attached hydrogens (tertiary/aromatic N) is 3. The second kappa shape index (κ2) is 4.65. The smallest absolute Gasteiger partial charge is 0.306 e. The van der Waals surface area contributed by atoms with Crippen LogP contribution in [0.4, 0.5) is 16.3 Å². The molecule has 2 aromatic heterocycles. The van der Waals surface area contributed by atoms with Crippen LogP contribution in [0, 0.1) is 6.92 Å². The lowest BCUT2D eigenvalue weighted by Crippen LogP contribution is -2.19. The highest BCUT2D eigenvalue weighted by Gasteiger charge is 2.06. The van der Waals surface area contributed by atoms with Gasteiger partial charge in [-0.2, -0.15) is 5.10 Å². The molecule has 0 radical (unpaired) electrons. The molecule has 0 bridgehead atoms. The topological polar surface area (TPSA) is 71.8 Å². The maximum atomic E-state index is 11.6. The fraction of sp³-hybridized carbons (Fsp3) is 0.182. The van der Waals surface area contributed by atoms with Crippen molar-refractivity contribution in [1.29, 1.82) is 0 Å². The predicted octanol–water partition coefficient (Wildman–Crippen LogP) is 1.77. The lowest BCUT2D eigenvalue weighted by molar-refractivity contribution is 0.262. The number of hydrogen-bond donors (Lipinski definition) is 2. The van der Waals surface area contributed by atoms with Gasteiger partial charge in [-0.15, -0.1) is 0 Å². The first-order valence-electron chi connectivity index (χ1n) is 5.14. The molecule has 6 heteroatoms. The second-order valence-electron chi connectivity index (χ2n) is 3.62. The van der Waals surface area contributed by atoms with Crippen molar-refractivity contribution in [2.24, 2.45) is 7.05 Å². The van der Waals surface area contributed by atoms with Crippen LogP contribution in [0.2, 0.25) is 0 Å². The molecule has 0 aliphatic heterocycles. The zero-order valence-corrected chi connectivity index (χ0v) is 9.64. The van der Waals surface area contributed by atoms with Gasteiger partial charge in [0.1, 0.15) is 0 Å². The molecule has 0 atom stereocenters. The summed E-state index contributed by atoms with van der Waals surface area (Å²) in [5, 5.41) is 9.42. The normalized spacial score (nSPS) is 10.0. The van der Waals surface area contributed by atoms with Gasteiger partial charge in [-0.3, -0.25) is 15.0 Å². The fourth-order valence-corrected chi connectivity index (χ4v) is 1.34. The Morgan fingerprint density at radius 3 is 2.82 bits per heavy atom. The van der Waals surface area contributed by atoms with Crippen LogP contribution in [-0.2, 0) is 7.05 Å². The van der Waals surface area contributed by atoms with Crippen molar-refractivity contribution in [2.45, 2.75) is 6.92 Å². The third-order valence-electron chi connectivity index (χ3n) is 2.27. The van der Waals surface area contributed by atoms with Crippen molar-refractivity contribution in [3.63, 3.8) is 0 Å². The lowest BCUT2D eigenvalue weighted by atomic mass is 10.4. The summed E-state index contributed by atoms with van der Waals surface area (Å²) in [6, 6.07) is 4.97. The Balaban J connectivity index is 1.98. The molecular weight excluding hydrogens is 218 g/mol. The molecule has 0 aromatic carbocycles. The van der Waals surface area contributed by atoms with Gasteiger partial charge in [-0.05, 0) is 19.1 Å². The largest absolute Gasteiger partial charge is 0.324 e. The summed E-state index contributed by atoms with van der Waals surface area (Å²) >= 11 is 0. The molecule has 0 saturated carbocycles. The number of urea groups is 1. The van der Waals surface area contributed by atoms with Gasteiger partial charge >= 0.3 is 6.03 Å². The summed E-state index contributed by atoms with van der Waals surface area (Å²) in [5.74, 6) is 0.520. The Hall–Kier alpha value is -2.37. The Morgan fingerprint density at radius 2 is 2.24 bits per heavy atom. The third kappa shape index (κ3) is 2.81. The molecule has 2 heterocycles. The average molecular weight is 231 g/mol. The highest BCUT2D eigenvalue weighted by atomic mass is 16.2. The molecule has 2 aromatic rings. The summed E-state index contributed by atoms with van der Waals surface area (Å²) in [6.45, 7) is 1.91. The van der Waals surface area contributed by atoms with E-state index in [1.165, 1.54) is 0 Å². The van der Waals surface area contributed by atoms with Gasteiger partial charge in [-0.1, -0.05) is 0 Å². The summed E-state index contributed by atoms with van der Waals surface area (Å²) in [6.07, 6.45) is 3.22. The van der Waals surface area contributed by atoms with Crippen molar-refractivity contribution in [3.05, 3.63) is 36.3 Å². The minimum Gasteiger partial charge on any atom is -0.306 e. The standard InChI is InChI=1S/C11H13N5O/c1-8-6-10(15-16(8)2)14-11(17)13-9-4-3-5-12-7-9/h3-7H,1-2H3,(H2,13,14,15,17). The molecule has 88 valence electrons. The molecule has 2 rings (SSSR count). The van der Waals surface area contributed by atoms with Crippen molar-refractivity contribution < 1.29 is 4.79 Å². The number of amides is 2. The quantitative estimate of drug-likeness (QED) is 0.827. The summed E-state index contributed by atoms with van der Waals surface area (Å²) in [7, 11) is 1.82. The molecular formula is C11H13N5O. The zero-order valence-electron chi connectivity index (χ0n) is 9.64. The van der Waals surface area contributed by atoms with Crippen LogP contribution in [0.1, 0.15) is 5.69 Å². The van der Waals surface area contributed by atoms with Gasteiger partial charge in [0, 0.05) is 25.0 Å². The first-order chi connectivity index (χ1) is 8.15. The van der Waals surface area contributed by atoms with Crippen LogP contribution < -0.4 is 10.6 Å². The van der Waals surface area contributed by atoms with Gasteiger partial charge in [0.05, 0.1) is 11.9 Å². The number of pyridine rings is 1. The number of aryl methyl sites for hydroxylation is 2. The first-order valence-corrected chi connectivity index (χ1v) is 5.14. The summed E-state index contributed by atoms with van der Waals surface area (Å²) < 4.78 is 1.69. The fourth-order valence-electron chi connectivity index (χ4n) is 1.34. The van der Waals surface area contributed by atoms with E-state index in [-0.39, 0.29) is 6.03 Å². The zero-order chi connectivity index (χ0) is 12.3. The summed E-state index contributed by atoms with van der Waals surface area (Å²) in [5.41, 5.74) is 1.61.